The molecule has 1 N–H and O–H groups in total. The second kappa shape index (κ2) is 5.48. The topological polar surface area (TPSA) is 68.0 Å². The number of nitrogens with zero attached hydrogens (tertiary/aromatic N) is 3. The highest BCUT2D eigenvalue weighted by molar-refractivity contribution is 5.85. The Morgan fingerprint density at radius 1 is 1.37 bits per heavy atom. The van der Waals surface area contributed by atoms with E-state index >= 15 is 0 Å². The van der Waals surface area contributed by atoms with Crippen LogP contribution in [0.25, 0.3) is 6.08 Å². The molecule has 1 aromatic heterocycles. The first kappa shape index (κ1) is 13.0. The number of hydrogen-bond acceptors (Lipinski definition) is 3. The highest BCUT2D eigenvalue weighted by atomic mass is 16.4. The lowest BCUT2D eigenvalue weighted by Crippen LogP contribution is -2.05. The molecule has 1 heterocycles. The zero-order valence-electron chi connectivity index (χ0n) is 10.9. The van der Waals surface area contributed by atoms with Gasteiger partial charge in [0.05, 0.1) is 6.54 Å². The van der Waals surface area contributed by atoms with E-state index in [9.17, 15) is 4.79 Å². The van der Waals surface area contributed by atoms with E-state index in [4.69, 9.17) is 5.11 Å². The van der Waals surface area contributed by atoms with Crippen molar-refractivity contribution in [1.82, 2.24) is 14.8 Å². The van der Waals surface area contributed by atoms with Gasteiger partial charge in [0.1, 0.15) is 11.6 Å². The number of carboxylic acids is 1. The Morgan fingerprint density at radius 2 is 2.11 bits per heavy atom. The maximum Gasteiger partial charge on any atom is 0.328 e. The molecule has 0 aliphatic rings. The summed E-state index contributed by atoms with van der Waals surface area (Å²) in [7, 11) is 0. The van der Waals surface area contributed by atoms with Crippen LogP contribution in [-0.4, -0.2) is 25.8 Å². The van der Waals surface area contributed by atoms with Crippen molar-refractivity contribution in [3.05, 3.63) is 53.1 Å². The predicted octanol–water partition coefficient (Wildman–Crippen LogP) is 2.04. The number of carboxylic acid groups (broad SMARTS) is 1. The van der Waals surface area contributed by atoms with Gasteiger partial charge >= 0.3 is 5.97 Å². The van der Waals surface area contributed by atoms with E-state index < -0.39 is 5.97 Å². The summed E-state index contributed by atoms with van der Waals surface area (Å²) in [6.45, 7) is 4.32. The van der Waals surface area contributed by atoms with Crippen molar-refractivity contribution < 1.29 is 9.90 Å². The minimum absolute atomic E-state index is 0.576. The smallest absolute Gasteiger partial charge is 0.328 e. The van der Waals surface area contributed by atoms with Crippen molar-refractivity contribution in [3.63, 3.8) is 0 Å². The Hall–Kier alpha value is -2.43. The fourth-order valence-electron chi connectivity index (χ4n) is 1.87. The third-order valence-corrected chi connectivity index (χ3v) is 2.74. The van der Waals surface area contributed by atoms with Gasteiger partial charge in [0, 0.05) is 6.08 Å². The summed E-state index contributed by atoms with van der Waals surface area (Å²) < 4.78 is 1.81. The molecule has 5 nitrogen and oxygen atoms in total. The molecule has 0 saturated carbocycles. The van der Waals surface area contributed by atoms with Gasteiger partial charge in [-0.1, -0.05) is 24.3 Å². The molecule has 0 amide bonds. The largest absolute Gasteiger partial charge is 0.478 e. The van der Waals surface area contributed by atoms with Crippen LogP contribution in [-0.2, 0) is 11.3 Å². The van der Waals surface area contributed by atoms with Crippen LogP contribution in [0.5, 0.6) is 0 Å². The highest BCUT2D eigenvalue weighted by Crippen LogP contribution is 2.13. The molecule has 0 fully saturated rings. The van der Waals surface area contributed by atoms with Crippen molar-refractivity contribution in [3.8, 4) is 0 Å². The van der Waals surface area contributed by atoms with Crippen LogP contribution in [0, 0.1) is 13.8 Å². The number of aryl methyl sites for hydroxylation is 2. The summed E-state index contributed by atoms with van der Waals surface area (Å²) in [5, 5.41) is 13.0. The molecule has 2 aromatic rings. The lowest BCUT2D eigenvalue weighted by molar-refractivity contribution is -0.131. The third-order valence-electron chi connectivity index (χ3n) is 2.74. The maximum atomic E-state index is 10.6. The summed E-state index contributed by atoms with van der Waals surface area (Å²) in [5.74, 6) is 0.619. The number of rotatable bonds is 4. The molecule has 0 radical (unpaired) electrons. The Bertz CT molecular complexity index is 629. The van der Waals surface area contributed by atoms with Crippen molar-refractivity contribution in [2.24, 2.45) is 0 Å². The van der Waals surface area contributed by atoms with E-state index in [0.29, 0.717) is 6.54 Å². The summed E-state index contributed by atoms with van der Waals surface area (Å²) in [5.41, 5.74) is 1.88. The molecular formula is C14H15N3O2. The van der Waals surface area contributed by atoms with Gasteiger partial charge in [0.15, 0.2) is 0 Å². The van der Waals surface area contributed by atoms with Gasteiger partial charge in [-0.2, -0.15) is 5.10 Å². The summed E-state index contributed by atoms with van der Waals surface area (Å²) >= 11 is 0. The quantitative estimate of drug-likeness (QED) is 0.851. The van der Waals surface area contributed by atoms with Gasteiger partial charge in [0.25, 0.3) is 0 Å². The molecule has 0 bridgehead atoms. The summed E-state index contributed by atoms with van der Waals surface area (Å²) in [6.07, 6.45) is 2.73. The van der Waals surface area contributed by atoms with Crippen LogP contribution in [0.3, 0.4) is 0 Å². The van der Waals surface area contributed by atoms with Crippen LogP contribution < -0.4 is 0 Å². The minimum atomic E-state index is -0.956. The molecule has 0 saturated heterocycles. The van der Waals surface area contributed by atoms with E-state index in [0.717, 1.165) is 28.9 Å². The van der Waals surface area contributed by atoms with Crippen LogP contribution in [0.15, 0.2) is 30.3 Å². The number of aromatic nitrogens is 3. The van der Waals surface area contributed by atoms with Crippen LogP contribution >= 0.6 is 0 Å². The van der Waals surface area contributed by atoms with Crippen LogP contribution in [0.1, 0.15) is 22.8 Å². The van der Waals surface area contributed by atoms with Gasteiger partial charge < -0.3 is 5.11 Å². The summed E-state index contributed by atoms with van der Waals surface area (Å²) in [6, 6.07) is 7.64. The molecule has 19 heavy (non-hydrogen) atoms. The molecular weight excluding hydrogens is 242 g/mol. The van der Waals surface area contributed by atoms with Gasteiger partial charge in [-0.05, 0) is 31.1 Å². The molecule has 0 spiro atoms. The normalized spacial score (nSPS) is 11.1. The lowest BCUT2D eigenvalue weighted by Gasteiger charge is -2.07. The standard InChI is InChI=1S/C14H15N3O2/c1-10-15-11(2)17(16-10)9-13-6-4-3-5-12(13)7-8-14(18)19/h3-8H,9H2,1-2H3,(H,18,19)/b8-7+. The van der Waals surface area contributed by atoms with Crippen molar-refractivity contribution in [2.45, 2.75) is 20.4 Å². The Morgan fingerprint density at radius 3 is 2.74 bits per heavy atom. The molecule has 0 aliphatic carbocycles. The molecule has 0 aliphatic heterocycles. The van der Waals surface area contributed by atoms with E-state index in [-0.39, 0.29) is 0 Å². The van der Waals surface area contributed by atoms with E-state index in [1.54, 1.807) is 6.08 Å². The second-order valence-electron chi connectivity index (χ2n) is 4.23. The van der Waals surface area contributed by atoms with Crippen molar-refractivity contribution in [1.29, 1.82) is 0 Å². The second-order valence-corrected chi connectivity index (χ2v) is 4.23. The lowest BCUT2D eigenvalue weighted by atomic mass is 10.1. The van der Waals surface area contributed by atoms with Crippen molar-refractivity contribution >= 4 is 12.0 Å². The molecule has 98 valence electrons. The molecule has 0 atom stereocenters. The molecule has 5 heteroatoms. The average molecular weight is 257 g/mol. The highest BCUT2D eigenvalue weighted by Gasteiger charge is 2.05. The van der Waals surface area contributed by atoms with Crippen LogP contribution in [0.4, 0.5) is 0 Å². The molecule has 1 aromatic carbocycles. The van der Waals surface area contributed by atoms with E-state index in [1.165, 1.54) is 0 Å². The van der Waals surface area contributed by atoms with Crippen molar-refractivity contribution in [2.75, 3.05) is 0 Å². The fourth-order valence-corrected chi connectivity index (χ4v) is 1.87. The maximum absolute atomic E-state index is 10.6. The predicted molar refractivity (Wildman–Crippen MR) is 71.7 cm³/mol. The molecule has 0 unspecified atom stereocenters. The monoisotopic (exact) mass is 257 g/mol. The number of carbonyl (C=O) groups is 1. The number of benzene rings is 1. The van der Waals surface area contributed by atoms with Gasteiger partial charge in [0.2, 0.25) is 0 Å². The van der Waals surface area contributed by atoms with E-state index in [1.807, 2.05) is 42.8 Å². The van der Waals surface area contributed by atoms with Gasteiger partial charge in [-0.15, -0.1) is 0 Å². The Labute approximate surface area is 111 Å². The molecule has 2 rings (SSSR count). The zero-order valence-corrected chi connectivity index (χ0v) is 10.9. The first-order valence-electron chi connectivity index (χ1n) is 5.93. The number of aliphatic carboxylic acids is 1. The fraction of sp³-hybridized carbons (Fsp3) is 0.214. The van der Waals surface area contributed by atoms with Crippen LogP contribution in [0.2, 0.25) is 0 Å². The van der Waals surface area contributed by atoms with E-state index in [2.05, 4.69) is 10.1 Å². The first-order chi connectivity index (χ1) is 9.06. The van der Waals surface area contributed by atoms with Gasteiger partial charge in [-0.25, -0.2) is 14.5 Å². The SMILES string of the molecule is Cc1nc(C)n(Cc2ccccc2/C=C/C(=O)O)n1. The Kier molecular flexibility index (Phi) is 3.75. The third kappa shape index (κ3) is 3.28. The minimum Gasteiger partial charge on any atom is -0.478 e. The zero-order chi connectivity index (χ0) is 13.8. The Balaban J connectivity index is 2.30. The number of hydrogen-bond donors (Lipinski definition) is 1. The first-order valence-corrected chi connectivity index (χ1v) is 5.93. The summed E-state index contributed by atoms with van der Waals surface area (Å²) in [4.78, 5) is 14.8. The van der Waals surface area contributed by atoms with Gasteiger partial charge in [-0.3, -0.25) is 0 Å². The average Bonchev–Trinajstić information content (AvgIpc) is 2.67.